The summed E-state index contributed by atoms with van der Waals surface area (Å²) in [6, 6.07) is 10.3. The van der Waals surface area contributed by atoms with E-state index in [2.05, 4.69) is 13.8 Å². The maximum Gasteiger partial charge on any atom is 0.237 e. The van der Waals surface area contributed by atoms with E-state index in [1.165, 1.54) is 5.56 Å². The van der Waals surface area contributed by atoms with Gasteiger partial charge in [-0.2, -0.15) is 4.31 Å². The largest absolute Gasteiger partial charge is 0.276 e. The van der Waals surface area contributed by atoms with Crippen molar-refractivity contribution < 1.29 is 8.39 Å². The highest BCUT2D eigenvalue weighted by Crippen LogP contribution is 2.23. The van der Waals surface area contributed by atoms with Crippen molar-refractivity contribution in [2.75, 3.05) is 6.61 Å². The van der Waals surface area contributed by atoms with Gasteiger partial charge in [0.1, 0.15) is 0 Å². The minimum absolute atomic E-state index is 0.251. The van der Waals surface area contributed by atoms with Gasteiger partial charge >= 0.3 is 0 Å². The standard InChI is InChI=1S/C12H17NO2S/c1-10(2)12-9-15-16(14)13(12)8-11-6-4-3-5-7-11/h3-7,10,12H,8-9H2,1-2H3. The van der Waals surface area contributed by atoms with Gasteiger partial charge in [0.2, 0.25) is 11.3 Å². The second kappa shape index (κ2) is 5.08. The molecule has 1 heterocycles. The van der Waals surface area contributed by atoms with Crippen molar-refractivity contribution in [3.05, 3.63) is 35.9 Å². The summed E-state index contributed by atoms with van der Waals surface area (Å²) in [5.74, 6) is 0.454. The molecule has 1 aromatic rings. The summed E-state index contributed by atoms with van der Waals surface area (Å²) in [5, 5.41) is 0. The molecule has 0 saturated carbocycles. The Kier molecular flexibility index (Phi) is 3.74. The van der Waals surface area contributed by atoms with Gasteiger partial charge < -0.3 is 0 Å². The van der Waals surface area contributed by atoms with E-state index >= 15 is 0 Å². The predicted octanol–water partition coefficient (Wildman–Crippen LogP) is 2.12. The SMILES string of the molecule is CC(C)C1COS(=O)N1Cc1ccccc1. The van der Waals surface area contributed by atoms with Gasteiger partial charge in [0, 0.05) is 6.54 Å². The van der Waals surface area contributed by atoms with E-state index in [0.29, 0.717) is 19.1 Å². The van der Waals surface area contributed by atoms with Gasteiger partial charge in [0.15, 0.2) is 0 Å². The van der Waals surface area contributed by atoms with Gasteiger partial charge in [-0.25, -0.2) is 4.21 Å². The van der Waals surface area contributed by atoms with Crippen molar-refractivity contribution >= 4 is 11.3 Å². The van der Waals surface area contributed by atoms with Gasteiger partial charge in [0.25, 0.3) is 0 Å². The fourth-order valence-electron chi connectivity index (χ4n) is 1.85. The van der Waals surface area contributed by atoms with E-state index in [1.807, 2.05) is 34.6 Å². The number of rotatable bonds is 3. The number of nitrogens with zero attached hydrogens (tertiary/aromatic N) is 1. The van der Waals surface area contributed by atoms with Crippen LogP contribution >= 0.6 is 0 Å². The Bertz CT molecular complexity index is 367. The number of hydrogen-bond acceptors (Lipinski definition) is 2. The lowest BCUT2D eigenvalue weighted by molar-refractivity contribution is 0.250. The normalized spacial score (nSPS) is 26.4. The first-order valence-corrected chi connectivity index (χ1v) is 6.57. The van der Waals surface area contributed by atoms with E-state index in [-0.39, 0.29) is 6.04 Å². The monoisotopic (exact) mass is 239 g/mol. The molecule has 0 aliphatic carbocycles. The molecule has 4 heteroatoms. The zero-order valence-electron chi connectivity index (χ0n) is 9.63. The molecule has 1 aromatic carbocycles. The molecule has 0 spiro atoms. The first-order valence-electron chi connectivity index (χ1n) is 5.54. The Morgan fingerprint density at radius 3 is 2.75 bits per heavy atom. The minimum atomic E-state index is -1.28. The minimum Gasteiger partial charge on any atom is -0.276 e. The highest BCUT2D eigenvalue weighted by Gasteiger charge is 2.34. The quantitative estimate of drug-likeness (QED) is 0.808. The summed E-state index contributed by atoms with van der Waals surface area (Å²) >= 11 is -1.28. The van der Waals surface area contributed by atoms with Crippen LogP contribution in [0.25, 0.3) is 0 Å². The van der Waals surface area contributed by atoms with Crippen molar-refractivity contribution in [2.45, 2.75) is 26.4 Å². The molecule has 0 amide bonds. The van der Waals surface area contributed by atoms with E-state index in [9.17, 15) is 4.21 Å². The Morgan fingerprint density at radius 2 is 2.12 bits per heavy atom. The lowest BCUT2D eigenvalue weighted by atomic mass is 10.1. The van der Waals surface area contributed by atoms with E-state index in [1.54, 1.807) is 0 Å². The molecule has 1 aliphatic rings. The average molecular weight is 239 g/mol. The highest BCUT2D eigenvalue weighted by molar-refractivity contribution is 7.77. The Hall–Kier alpha value is -0.710. The Balaban J connectivity index is 2.10. The number of hydrogen-bond donors (Lipinski definition) is 0. The molecular formula is C12H17NO2S. The average Bonchev–Trinajstić information content (AvgIpc) is 2.62. The fraction of sp³-hybridized carbons (Fsp3) is 0.500. The van der Waals surface area contributed by atoms with Crippen LogP contribution < -0.4 is 0 Å². The van der Waals surface area contributed by atoms with Gasteiger partial charge in [-0.15, -0.1) is 0 Å². The third kappa shape index (κ3) is 2.51. The van der Waals surface area contributed by atoms with Gasteiger partial charge in [-0.3, -0.25) is 4.18 Å². The summed E-state index contributed by atoms with van der Waals surface area (Å²) in [6.07, 6.45) is 0. The molecule has 88 valence electrons. The van der Waals surface area contributed by atoms with Crippen LogP contribution in [0.1, 0.15) is 19.4 Å². The van der Waals surface area contributed by atoms with E-state index in [0.717, 1.165) is 0 Å². The predicted molar refractivity (Wildman–Crippen MR) is 64.7 cm³/mol. The topological polar surface area (TPSA) is 29.5 Å². The third-order valence-corrected chi connectivity index (χ3v) is 3.97. The molecule has 2 rings (SSSR count). The summed E-state index contributed by atoms with van der Waals surface area (Å²) < 4.78 is 18.8. The van der Waals surface area contributed by atoms with Crippen LogP contribution in [0.2, 0.25) is 0 Å². The summed E-state index contributed by atoms with van der Waals surface area (Å²) in [6.45, 7) is 5.52. The lowest BCUT2D eigenvalue weighted by Crippen LogP contribution is -2.34. The summed E-state index contributed by atoms with van der Waals surface area (Å²) in [5.41, 5.74) is 1.17. The molecule has 1 aliphatic heterocycles. The van der Waals surface area contributed by atoms with E-state index in [4.69, 9.17) is 4.18 Å². The molecular weight excluding hydrogens is 222 g/mol. The molecule has 1 saturated heterocycles. The zero-order chi connectivity index (χ0) is 11.5. The Morgan fingerprint density at radius 1 is 1.44 bits per heavy atom. The van der Waals surface area contributed by atoms with Crippen LogP contribution in [0.5, 0.6) is 0 Å². The molecule has 16 heavy (non-hydrogen) atoms. The van der Waals surface area contributed by atoms with Crippen LogP contribution in [0.3, 0.4) is 0 Å². The lowest BCUT2D eigenvalue weighted by Gasteiger charge is -2.23. The first kappa shape index (κ1) is 11.8. The first-order chi connectivity index (χ1) is 7.68. The molecule has 0 radical (unpaired) electrons. The zero-order valence-corrected chi connectivity index (χ0v) is 10.4. The van der Waals surface area contributed by atoms with Crippen molar-refractivity contribution in [1.82, 2.24) is 4.31 Å². The summed E-state index contributed by atoms with van der Waals surface area (Å²) in [7, 11) is 0. The molecule has 1 fully saturated rings. The van der Waals surface area contributed by atoms with Gasteiger partial charge in [-0.05, 0) is 11.5 Å². The van der Waals surface area contributed by atoms with Crippen molar-refractivity contribution in [2.24, 2.45) is 5.92 Å². The molecule has 2 atom stereocenters. The maximum atomic E-state index is 11.7. The van der Waals surface area contributed by atoms with Gasteiger partial charge in [0.05, 0.1) is 12.6 Å². The third-order valence-electron chi connectivity index (χ3n) is 2.85. The molecule has 0 bridgehead atoms. The van der Waals surface area contributed by atoms with Crippen molar-refractivity contribution in [3.8, 4) is 0 Å². The molecule has 3 nitrogen and oxygen atoms in total. The van der Waals surface area contributed by atoms with Gasteiger partial charge in [-0.1, -0.05) is 44.2 Å². The maximum absolute atomic E-state index is 11.7. The van der Waals surface area contributed by atoms with E-state index < -0.39 is 11.3 Å². The molecule has 2 unspecified atom stereocenters. The van der Waals surface area contributed by atoms with Crippen LogP contribution in [-0.2, 0) is 22.0 Å². The molecule has 0 N–H and O–H groups in total. The Labute approximate surface area is 99.2 Å². The fourth-order valence-corrected chi connectivity index (χ4v) is 3.02. The highest BCUT2D eigenvalue weighted by atomic mass is 32.2. The number of benzene rings is 1. The summed E-state index contributed by atoms with van der Waals surface area (Å²) in [4.78, 5) is 0. The molecule has 0 aromatic heterocycles. The van der Waals surface area contributed by atoms with Crippen LogP contribution in [0, 0.1) is 5.92 Å². The second-order valence-electron chi connectivity index (χ2n) is 4.37. The second-order valence-corrected chi connectivity index (χ2v) is 5.51. The smallest absolute Gasteiger partial charge is 0.237 e. The van der Waals surface area contributed by atoms with Crippen LogP contribution in [0.15, 0.2) is 30.3 Å². The van der Waals surface area contributed by atoms with Crippen molar-refractivity contribution in [3.63, 3.8) is 0 Å². The van der Waals surface area contributed by atoms with Crippen LogP contribution in [0.4, 0.5) is 0 Å². The van der Waals surface area contributed by atoms with Crippen LogP contribution in [-0.4, -0.2) is 21.2 Å². The van der Waals surface area contributed by atoms with Crippen molar-refractivity contribution in [1.29, 1.82) is 0 Å².